The molecule has 1 atom stereocenters. The molecule has 1 aromatic carbocycles. The van der Waals surface area contributed by atoms with Crippen LogP contribution < -0.4 is 5.32 Å². The minimum Gasteiger partial charge on any atom is -0.382 e. The fourth-order valence-electron chi connectivity index (χ4n) is 2.03. The van der Waals surface area contributed by atoms with Gasteiger partial charge in [0.05, 0.1) is 4.90 Å². The van der Waals surface area contributed by atoms with Gasteiger partial charge in [-0.25, -0.2) is 8.42 Å². The van der Waals surface area contributed by atoms with Gasteiger partial charge in [0.1, 0.15) is 0 Å². The van der Waals surface area contributed by atoms with Crippen molar-refractivity contribution in [2.24, 2.45) is 0 Å². The van der Waals surface area contributed by atoms with E-state index in [1.807, 2.05) is 23.5 Å². The monoisotopic (exact) mass is 309 g/mol. The Morgan fingerprint density at radius 3 is 2.30 bits per heavy atom. The van der Waals surface area contributed by atoms with E-state index in [0.717, 1.165) is 12.1 Å². The lowest BCUT2D eigenvalue weighted by atomic mass is 10.2. The number of hydrogen-bond donors (Lipinski definition) is 1. The second kappa shape index (κ2) is 5.97. The van der Waals surface area contributed by atoms with Crippen molar-refractivity contribution >= 4 is 26.9 Å². The van der Waals surface area contributed by atoms with Crippen LogP contribution in [0.3, 0.4) is 0 Å². The predicted molar refractivity (Wildman–Crippen MR) is 85.4 cm³/mol. The van der Waals surface area contributed by atoms with Gasteiger partial charge in [-0.2, -0.15) is 0 Å². The third kappa shape index (κ3) is 4.08. The van der Waals surface area contributed by atoms with Gasteiger partial charge in [-0.3, -0.25) is 0 Å². The number of rotatable bonds is 5. The smallest absolute Gasteiger partial charge is 0.175 e. The fraction of sp³-hybridized carbons (Fsp3) is 0.333. The Bertz CT molecular complexity index is 672. The summed E-state index contributed by atoms with van der Waals surface area (Å²) in [5, 5.41) is 3.39. The van der Waals surface area contributed by atoms with Crippen LogP contribution >= 0.6 is 11.3 Å². The molecular weight excluding hydrogens is 290 g/mol. The maximum Gasteiger partial charge on any atom is 0.175 e. The van der Waals surface area contributed by atoms with Crippen molar-refractivity contribution in [1.29, 1.82) is 0 Å². The zero-order chi connectivity index (χ0) is 14.8. The number of benzene rings is 1. The third-order valence-corrected chi connectivity index (χ3v) is 5.15. The Balaban J connectivity index is 1.99. The summed E-state index contributed by atoms with van der Waals surface area (Å²) in [5.41, 5.74) is 0.943. The second-order valence-electron chi connectivity index (χ2n) is 5.06. The summed E-state index contributed by atoms with van der Waals surface area (Å²) in [7, 11) is -3.12. The maximum atomic E-state index is 11.4. The Labute approximate surface area is 124 Å². The van der Waals surface area contributed by atoms with Crippen molar-refractivity contribution in [1.82, 2.24) is 0 Å². The standard InChI is InChI=1S/C15H19NO2S2/c1-11(10-14-7-4-12(2)19-14)16-13-5-8-15(9-6-13)20(3,17)18/h4-9,11,16H,10H2,1-3H3. The quantitative estimate of drug-likeness (QED) is 0.919. The molecule has 3 nitrogen and oxygen atoms in total. The van der Waals surface area contributed by atoms with E-state index < -0.39 is 9.84 Å². The van der Waals surface area contributed by atoms with Crippen molar-refractivity contribution in [2.45, 2.75) is 31.2 Å². The maximum absolute atomic E-state index is 11.4. The first-order valence-electron chi connectivity index (χ1n) is 6.46. The lowest BCUT2D eigenvalue weighted by Crippen LogP contribution is -2.17. The van der Waals surface area contributed by atoms with Gasteiger partial charge in [-0.05, 0) is 50.2 Å². The molecule has 1 aromatic heterocycles. The van der Waals surface area contributed by atoms with Crippen molar-refractivity contribution in [3.05, 3.63) is 46.2 Å². The summed E-state index contributed by atoms with van der Waals surface area (Å²) in [6.07, 6.45) is 2.18. The van der Waals surface area contributed by atoms with Crippen LogP contribution in [0.25, 0.3) is 0 Å². The summed E-state index contributed by atoms with van der Waals surface area (Å²) in [6.45, 7) is 4.23. The molecule has 2 aromatic rings. The normalized spacial score (nSPS) is 13.2. The van der Waals surface area contributed by atoms with Crippen LogP contribution in [-0.2, 0) is 16.3 Å². The van der Waals surface area contributed by atoms with Gasteiger partial charge in [0.25, 0.3) is 0 Å². The van der Waals surface area contributed by atoms with E-state index in [1.165, 1.54) is 16.0 Å². The lowest BCUT2D eigenvalue weighted by molar-refractivity contribution is 0.602. The van der Waals surface area contributed by atoms with E-state index in [2.05, 4.69) is 31.3 Å². The summed E-state index contributed by atoms with van der Waals surface area (Å²) in [5.74, 6) is 0. The minimum atomic E-state index is -3.12. The summed E-state index contributed by atoms with van der Waals surface area (Å²) in [4.78, 5) is 3.03. The van der Waals surface area contributed by atoms with E-state index in [1.54, 1.807) is 12.1 Å². The fourth-order valence-corrected chi connectivity index (χ4v) is 3.68. The number of hydrogen-bond acceptors (Lipinski definition) is 4. The Kier molecular flexibility index (Phi) is 4.50. The van der Waals surface area contributed by atoms with E-state index in [4.69, 9.17) is 0 Å². The van der Waals surface area contributed by atoms with Crippen LogP contribution in [0.15, 0.2) is 41.3 Å². The summed E-state index contributed by atoms with van der Waals surface area (Å²) < 4.78 is 22.8. The third-order valence-electron chi connectivity index (χ3n) is 3.00. The number of aryl methyl sites for hydroxylation is 1. The van der Waals surface area contributed by atoms with Gasteiger partial charge in [-0.1, -0.05) is 0 Å². The molecule has 0 fully saturated rings. The van der Waals surface area contributed by atoms with Gasteiger partial charge < -0.3 is 5.32 Å². The zero-order valence-corrected chi connectivity index (χ0v) is 13.5. The highest BCUT2D eigenvalue weighted by atomic mass is 32.2. The van der Waals surface area contributed by atoms with Crippen molar-refractivity contribution in [2.75, 3.05) is 11.6 Å². The average Bonchev–Trinajstić information content (AvgIpc) is 2.74. The van der Waals surface area contributed by atoms with Crippen LogP contribution in [0.1, 0.15) is 16.7 Å². The van der Waals surface area contributed by atoms with Gasteiger partial charge in [0.15, 0.2) is 9.84 Å². The Hall–Kier alpha value is -1.33. The van der Waals surface area contributed by atoms with Crippen molar-refractivity contribution < 1.29 is 8.42 Å². The largest absolute Gasteiger partial charge is 0.382 e. The molecule has 0 saturated heterocycles. The van der Waals surface area contributed by atoms with Gasteiger partial charge >= 0.3 is 0 Å². The zero-order valence-electron chi connectivity index (χ0n) is 11.9. The molecule has 5 heteroatoms. The van der Waals surface area contributed by atoms with Crippen LogP contribution in [0.2, 0.25) is 0 Å². The topological polar surface area (TPSA) is 46.2 Å². The van der Waals surface area contributed by atoms with Gasteiger partial charge in [-0.15, -0.1) is 11.3 Å². The molecule has 0 aliphatic carbocycles. The molecule has 108 valence electrons. The number of anilines is 1. The SMILES string of the molecule is Cc1ccc(CC(C)Nc2ccc(S(C)(=O)=O)cc2)s1. The Morgan fingerprint density at radius 1 is 1.15 bits per heavy atom. The van der Waals surface area contributed by atoms with Crippen LogP contribution in [0.5, 0.6) is 0 Å². The number of thiophene rings is 1. The molecule has 0 bridgehead atoms. The second-order valence-corrected chi connectivity index (χ2v) is 8.45. The highest BCUT2D eigenvalue weighted by Gasteiger charge is 2.08. The van der Waals surface area contributed by atoms with Crippen molar-refractivity contribution in [3.8, 4) is 0 Å². The number of sulfone groups is 1. The molecule has 0 spiro atoms. The molecule has 20 heavy (non-hydrogen) atoms. The Morgan fingerprint density at radius 2 is 1.80 bits per heavy atom. The molecule has 2 rings (SSSR count). The molecule has 0 aliphatic heterocycles. The molecule has 0 aliphatic rings. The molecule has 1 heterocycles. The van der Waals surface area contributed by atoms with E-state index in [0.29, 0.717) is 10.9 Å². The summed E-state index contributed by atoms with van der Waals surface area (Å²) >= 11 is 1.81. The minimum absolute atomic E-state index is 0.303. The van der Waals surface area contributed by atoms with E-state index >= 15 is 0 Å². The molecular formula is C15H19NO2S2. The molecule has 0 radical (unpaired) electrons. The molecule has 1 unspecified atom stereocenters. The first-order valence-corrected chi connectivity index (χ1v) is 9.17. The van der Waals surface area contributed by atoms with E-state index in [-0.39, 0.29) is 0 Å². The first kappa shape index (κ1) is 15.1. The number of nitrogens with one attached hydrogen (secondary N) is 1. The van der Waals surface area contributed by atoms with Crippen LogP contribution in [0.4, 0.5) is 5.69 Å². The highest BCUT2D eigenvalue weighted by Crippen LogP contribution is 2.19. The average molecular weight is 309 g/mol. The van der Waals surface area contributed by atoms with Gasteiger partial charge in [0, 0.05) is 34.2 Å². The molecule has 1 N–H and O–H groups in total. The van der Waals surface area contributed by atoms with Crippen molar-refractivity contribution in [3.63, 3.8) is 0 Å². The van der Waals surface area contributed by atoms with Crippen LogP contribution in [0, 0.1) is 6.92 Å². The summed E-state index contributed by atoms with van der Waals surface area (Å²) in [6, 6.07) is 11.5. The van der Waals surface area contributed by atoms with Gasteiger partial charge in [0.2, 0.25) is 0 Å². The highest BCUT2D eigenvalue weighted by molar-refractivity contribution is 7.90. The predicted octanol–water partition coefficient (Wildman–Crippen LogP) is 3.50. The molecule has 0 saturated carbocycles. The molecule has 0 amide bonds. The lowest BCUT2D eigenvalue weighted by Gasteiger charge is -2.14. The van der Waals surface area contributed by atoms with E-state index in [9.17, 15) is 8.42 Å². The van der Waals surface area contributed by atoms with Crippen LogP contribution in [-0.4, -0.2) is 20.7 Å². The first-order chi connectivity index (χ1) is 9.34.